The van der Waals surface area contributed by atoms with Gasteiger partial charge in [-0.15, -0.1) is 0 Å². The standard InChI is InChI=1S/C32H44O5/c1-22(2)11-8-12-23(3)13-9-14-24(4)15-10-19-32(7)20-18-27-21-28(25(5)26(6)31(27)37-32)36-30(35)17-16-29(33)34/h11,13,15-17,21H,8-10,12,14,18-20H2,1-7H3,(H,33,34). The lowest BCUT2D eigenvalue weighted by molar-refractivity contribution is -0.133. The zero-order valence-electron chi connectivity index (χ0n) is 23.7. The van der Waals surface area contributed by atoms with Crippen molar-refractivity contribution in [3.63, 3.8) is 0 Å². The second-order valence-corrected chi connectivity index (χ2v) is 10.8. The number of rotatable bonds is 12. The fourth-order valence-corrected chi connectivity index (χ4v) is 4.48. The maximum absolute atomic E-state index is 12.0. The predicted molar refractivity (Wildman–Crippen MR) is 150 cm³/mol. The third-order valence-electron chi connectivity index (χ3n) is 7.00. The molecule has 1 atom stereocenters. The number of hydrogen-bond acceptors (Lipinski definition) is 4. The van der Waals surface area contributed by atoms with Gasteiger partial charge in [0.15, 0.2) is 0 Å². The first-order valence-corrected chi connectivity index (χ1v) is 13.3. The van der Waals surface area contributed by atoms with Gasteiger partial charge in [-0.2, -0.15) is 0 Å². The Morgan fingerprint density at radius 2 is 1.59 bits per heavy atom. The minimum Gasteiger partial charge on any atom is -0.487 e. The minimum absolute atomic E-state index is 0.245. The van der Waals surface area contributed by atoms with Crippen LogP contribution in [0.3, 0.4) is 0 Å². The number of hydrogen-bond donors (Lipinski definition) is 1. The molecule has 1 heterocycles. The number of esters is 1. The highest BCUT2D eigenvalue weighted by Crippen LogP contribution is 2.42. The number of carboxylic acid groups (broad SMARTS) is 1. The molecule has 0 aromatic heterocycles. The Hall–Kier alpha value is -3.08. The minimum atomic E-state index is -1.19. The van der Waals surface area contributed by atoms with Gasteiger partial charge in [0.05, 0.1) is 0 Å². The average Bonchev–Trinajstić information content (AvgIpc) is 2.81. The first-order valence-electron chi connectivity index (χ1n) is 13.3. The van der Waals surface area contributed by atoms with Crippen LogP contribution in [0.15, 0.2) is 53.2 Å². The molecule has 1 aliphatic rings. The number of allylic oxidation sites excluding steroid dienone is 6. The molecule has 2 rings (SSSR count). The fourth-order valence-electron chi connectivity index (χ4n) is 4.48. The van der Waals surface area contributed by atoms with E-state index in [0.717, 1.165) is 86.0 Å². The summed E-state index contributed by atoms with van der Waals surface area (Å²) in [6.45, 7) is 14.8. The van der Waals surface area contributed by atoms with Crippen LogP contribution >= 0.6 is 0 Å². The first-order chi connectivity index (χ1) is 17.4. The van der Waals surface area contributed by atoms with Crippen molar-refractivity contribution in [2.45, 2.75) is 105 Å². The van der Waals surface area contributed by atoms with Crippen LogP contribution in [0, 0.1) is 13.8 Å². The molecule has 37 heavy (non-hydrogen) atoms. The summed E-state index contributed by atoms with van der Waals surface area (Å²) in [7, 11) is 0. The van der Waals surface area contributed by atoms with Crippen LogP contribution in [-0.4, -0.2) is 22.6 Å². The quantitative estimate of drug-likeness (QED) is 0.133. The van der Waals surface area contributed by atoms with E-state index in [0.29, 0.717) is 5.75 Å². The second-order valence-electron chi connectivity index (χ2n) is 10.8. The number of aliphatic carboxylic acids is 1. The Morgan fingerprint density at radius 3 is 2.22 bits per heavy atom. The van der Waals surface area contributed by atoms with Crippen molar-refractivity contribution >= 4 is 11.9 Å². The zero-order valence-corrected chi connectivity index (χ0v) is 23.7. The number of carbonyl (C=O) groups excluding carboxylic acids is 1. The number of fused-ring (bicyclic) bond motifs is 1. The molecule has 5 nitrogen and oxygen atoms in total. The first kappa shape index (κ1) is 30.1. The smallest absolute Gasteiger partial charge is 0.336 e. The van der Waals surface area contributed by atoms with E-state index in [-0.39, 0.29) is 5.60 Å². The fraction of sp³-hybridized carbons (Fsp3) is 0.500. The second kappa shape index (κ2) is 14.0. The Kier molecular flexibility index (Phi) is 11.4. The predicted octanol–water partition coefficient (Wildman–Crippen LogP) is 8.13. The monoisotopic (exact) mass is 508 g/mol. The van der Waals surface area contributed by atoms with Crippen LogP contribution < -0.4 is 9.47 Å². The van der Waals surface area contributed by atoms with E-state index in [1.165, 1.54) is 16.7 Å². The lowest BCUT2D eigenvalue weighted by atomic mass is 9.86. The molecule has 1 unspecified atom stereocenters. The summed E-state index contributed by atoms with van der Waals surface area (Å²) in [6, 6.07) is 1.85. The van der Waals surface area contributed by atoms with Crippen molar-refractivity contribution in [2.75, 3.05) is 0 Å². The molecule has 0 saturated carbocycles. The summed E-state index contributed by atoms with van der Waals surface area (Å²) in [5.74, 6) is -0.571. The summed E-state index contributed by atoms with van der Waals surface area (Å²) in [4.78, 5) is 22.6. The van der Waals surface area contributed by atoms with Crippen molar-refractivity contribution in [3.05, 3.63) is 69.9 Å². The van der Waals surface area contributed by atoms with Crippen LogP contribution in [0.25, 0.3) is 0 Å². The van der Waals surface area contributed by atoms with Gasteiger partial charge in [0.2, 0.25) is 0 Å². The third-order valence-corrected chi connectivity index (χ3v) is 7.00. The van der Waals surface area contributed by atoms with Gasteiger partial charge >= 0.3 is 11.9 Å². The van der Waals surface area contributed by atoms with Crippen LogP contribution in [-0.2, 0) is 16.0 Å². The van der Waals surface area contributed by atoms with E-state index < -0.39 is 11.9 Å². The summed E-state index contributed by atoms with van der Waals surface area (Å²) >= 11 is 0. The van der Waals surface area contributed by atoms with E-state index in [2.05, 4.69) is 52.8 Å². The summed E-state index contributed by atoms with van der Waals surface area (Å²) in [5.41, 5.74) is 6.81. The Balaban J connectivity index is 1.94. The molecule has 202 valence electrons. The highest BCUT2D eigenvalue weighted by molar-refractivity contribution is 5.91. The lowest BCUT2D eigenvalue weighted by Crippen LogP contribution is -2.36. The van der Waals surface area contributed by atoms with Gasteiger partial charge in [0.25, 0.3) is 0 Å². The Bertz CT molecular complexity index is 1100. The van der Waals surface area contributed by atoms with Crippen LogP contribution in [0.5, 0.6) is 11.5 Å². The van der Waals surface area contributed by atoms with Gasteiger partial charge in [-0.1, -0.05) is 34.9 Å². The van der Waals surface area contributed by atoms with Crippen LogP contribution in [0.1, 0.15) is 96.3 Å². The molecule has 0 aliphatic carbocycles. The molecule has 0 amide bonds. The Labute approximate surface area is 223 Å². The van der Waals surface area contributed by atoms with Crippen LogP contribution in [0.4, 0.5) is 0 Å². The van der Waals surface area contributed by atoms with Crippen molar-refractivity contribution in [2.24, 2.45) is 0 Å². The molecule has 5 heteroatoms. The molecular weight excluding hydrogens is 464 g/mol. The summed E-state index contributed by atoms with van der Waals surface area (Å²) < 4.78 is 11.9. The molecule has 1 aromatic carbocycles. The number of aryl methyl sites for hydroxylation is 1. The maximum Gasteiger partial charge on any atom is 0.336 e. The third kappa shape index (κ3) is 10.1. The summed E-state index contributed by atoms with van der Waals surface area (Å²) in [6.07, 6.45) is 16.8. The van der Waals surface area contributed by atoms with Crippen molar-refractivity contribution in [1.29, 1.82) is 0 Å². The molecule has 0 fully saturated rings. The molecule has 1 N–H and O–H groups in total. The highest BCUT2D eigenvalue weighted by atomic mass is 16.5. The van der Waals surface area contributed by atoms with Crippen LogP contribution in [0.2, 0.25) is 0 Å². The topological polar surface area (TPSA) is 72.8 Å². The Morgan fingerprint density at radius 1 is 0.973 bits per heavy atom. The van der Waals surface area contributed by atoms with Crippen molar-refractivity contribution in [1.82, 2.24) is 0 Å². The molecule has 1 aromatic rings. The van der Waals surface area contributed by atoms with Gasteiger partial charge in [0, 0.05) is 12.2 Å². The molecular formula is C32H44O5. The average molecular weight is 509 g/mol. The SMILES string of the molecule is CC(C)=CCCC(C)=CCCC(C)=CCCC1(C)CCc2cc(OC(=O)C=CC(=O)O)c(C)c(C)c2O1. The number of carboxylic acids is 1. The van der Waals surface area contributed by atoms with Gasteiger partial charge in [-0.25, -0.2) is 9.59 Å². The number of benzene rings is 1. The number of carbonyl (C=O) groups is 2. The zero-order chi connectivity index (χ0) is 27.6. The molecule has 0 saturated heterocycles. The largest absolute Gasteiger partial charge is 0.487 e. The molecule has 0 spiro atoms. The lowest BCUT2D eigenvalue weighted by Gasteiger charge is -2.37. The molecule has 1 aliphatic heterocycles. The van der Waals surface area contributed by atoms with E-state index in [1.807, 2.05) is 19.9 Å². The van der Waals surface area contributed by atoms with Crippen molar-refractivity contribution in [3.8, 4) is 11.5 Å². The van der Waals surface area contributed by atoms with E-state index in [1.54, 1.807) is 0 Å². The van der Waals surface area contributed by atoms with Gasteiger partial charge in [-0.05, 0) is 123 Å². The normalized spacial score (nSPS) is 17.8. The van der Waals surface area contributed by atoms with Gasteiger partial charge in [-0.3, -0.25) is 0 Å². The number of ether oxygens (including phenoxy) is 2. The van der Waals surface area contributed by atoms with E-state index >= 15 is 0 Å². The van der Waals surface area contributed by atoms with Gasteiger partial charge < -0.3 is 14.6 Å². The van der Waals surface area contributed by atoms with E-state index in [4.69, 9.17) is 14.6 Å². The van der Waals surface area contributed by atoms with E-state index in [9.17, 15) is 9.59 Å². The molecule has 0 bridgehead atoms. The summed E-state index contributed by atoms with van der Waals surface area (Å²) in [5, 5.41) is 8.71. The molecule has 0 radical (unpaired) electrons. The van der Waals surface area contributed by atoms with Crippen molar-refractivity contribution < 1.29 is 24.2 Å². The maximum atomic E-state index is 12.0. The van der Waals surface area contributed by atoms with Gasteiger partial charge in [0.1, 0.15) is 17.1 Å². The highest BCUT2D eigenvalue weighted by Gasteiger charge is 2.33.